The van der Waals surface area contributed by atoms with Gasteiger partial charge >= 0.3 is 0 Å². The highest BCUT2D eigenvalue weighted by atomic mass is 16.5. The Labute approximate surface area is 199 Å². The zero-order chi connectivity index (χ0) is 23.5. The van der Waals surface area contributed by atoms with Crippen LogP contribution in [0.25, 0.3) is 0 Å². The van der Waals surface area contributed by atoms with Gasteiger partial charge in [0.25, 0.3) is 5.91 Å². The zero-order valence-electron chi connectivity index (χ0n) is 19.4. The number of amides is 1. The van der Waals surface area contributed by atoms with E-state index in [1.807, 2.05) is 78.6 Å². The summed E-state index contributed by atoms with van der Waals surface area (Å²) in [5.74, 6) is 3.71. The van der Waals surface area contributed by atoms with Crippen LogP contribution in [0.15, 0.2) is 71.7 Å². The first kappa shape index (κ1) is 21.8. The summed E-state index contributed by atoms with van der Waals surface area (Å²) in [6.45, 7) is 4.58. The molecule has 1 amide bonds. The number of hydrogen-bond acceptors (Lipinski definition) is 6. The molecule has 7 heteroatoms. The SMILES string of the molecule is COc1ccc2c(c1)C(N1CCN(C(=O)COc3ccccc3)CC1)=Nc1ccc(C)cc1O2. The first-order chi connectivity index (χ1) is 16.6. The number of carbonyl (C=O) groups is 1. The Morgan fingerprint density at radius 2 is 1.74 bits per heavy atom. The van der Waals surface area contributed by atoms with Gasteiger partial charge in [0, 0.05) is 26.2 Å². The van der Waals surface area contributed by atoms with Gasteiger partial charge in [0.05, 0.1) is 12.7 Å². The normalized spacial score (nSPS) is 14.8. The second-order valence-electron chi connectivity index (χ2n) is 8.34. The van der Waals surface area contributed by atoms with Crippen molar-refractivity contribution in [3.8, 4) is 23.0 Å². The standard InChI is InChI=1S/C27H27N3O4/c1-19-8-10-23-25(16-19)34-24-11-9-21(32-2)17-22(24)27(28-23)30-14-12-29(13-15-30)26(31)18-33-20-6-4-3-5-7-20/h3-11,16-17H,12-15,18H2,1-2H3. The Morgan fingerprint density at radius 3 is 2.50 bits per heavy atom. The van der Waals surface area contributed by atoms with Crippen molar-refractivity contribution < 1.29 is 19.0 Å². The molecule has 0 aliphatic carbocycles. The maximum Gasteiger partial charge on any atom is 0.260 e. The quantitative estimate of drug-likeness (QED) is 0.581. The van der Waals surface area contributed by atoms with Crippen molar-refractivity contribution in [3.05, 3.63) is 77.9 Å². The Morgan fingerprint density at radius 1 is 0.941 bits per heavy atom. The lowest BCUT2D eigenvalue weighted by Crippen LogP contribution is -2.51. The summed E-state index contributed by atoms with van der Waals surface area (Å²) in [4.78, 5) is 21.8. The van der Waals surface area contributed by atoms with Gasteiger partial charge < -0.3 is 24.0 Å². The molecule has 0 atom stereocenters. The minimum atomic E-state index is -0.0162. The summed E-state index contributed by atoms with van der Waals surface area (Å²) < 4.78 is 17.4. The molecule has 0 bridgehead atoms. The van der Waals surface area contributed by atoms with Crippen LogP contribution in [0.2, 0.25) is 0 Å². The summed E-state index contributed by atoms with van der Waals surface area (Å²) in [7, 11) is 1.65. The van der Waals surface area contributed by atoms with Crippen LogP contribution in [0, 0.1) is 6.92 Å². The van der Waals surface area contributed by atoms with Gasteiger partial charge in [-0.15, -0.1) is 0 Å². The number of carbonyl (C=O) groups excluding carboxylic acids is 1. The van der Waals surface area contributed by atoms with Crippen LogP contribution >= 0.6 is 0 Å². The number of fused-ring (bicyclic) bond motifs is 2. The maximum atomic E-state index is 12.7. The molecule has 3 aromatic carbocycles. The summed E-state index contributed by atoms with van der Waals surface area (Å²) in [5.41, 5.74) is 2.77. The monoisotopic (exact) mass is 457 g/mol. The average Bonchev–Trinajstić information content (AvgIpc) is 3.03. The number of methoxy groups -OCH3 is 1. The van der Waals surface area contributed by atoms with Gasteiger partial charge in [0.2, 0.25) is 0 Å². The first-order valence-corrected chi connectivity index (χ1v) is 11.4. The van der Waals surface area contributed by atoms with Crippen molar-refractivity contribution in [1.82, 2.24) is 9.80 Å². The van der Waals surface area contributed by atoms with Gasteiger partial charge in [-0.25, -0.2) is 4.99 Å². The average molecular weight is 458 g/mol. The Kier molecular flexibility index (Phi) is 6.08. The highest BCUT2D eigenvalue weighted by molar-refractivity contribution is 6.04. The molecule has 2 aliphatic rings. The number of aryl methyl sites for hydroxylation is 1. The number of hydrogen-bond donors (Lipinski definition) is 0. The van der Waals surface area contributed by atoms with Crippen molar-refractivity contribution in [2.75, 3.05) is 39.9 Å². The largest absolute Gasteiger partial charge is 0.497 e. The van der Waals surface area contributed by atoms with Crippen molar-refractivity contribution in [2.45, 2.75) is 6.92 Å². The van der Waals surface area contributed by atoms with E-state index in [0.717, 1.165) is 39.9 Å². The second kappa shape index (κ2) is 9.47. The van der Waals surface area contributed by atoms with Crippen LogP contribution in [0.5, 0.6) is 23.0 Å². The molecule has 1 saturated heterocycles. The number of amidine groups is 1. The molecule has 0 aromatic heterocycles. The molecule has 174 valence electrons. The fourth-order valence-electron chi connectivity index (χ4n) is 4.15. The number of para-hydroxylation sites is 1. The lowest BCUT2D eigenvalue weighted by Gasteiger charge is -2.36. The third-order valence-electron chi connectivity index (χ3n) is 6.03. The van der Waals surface area contributed by atoms with E-state index in [0.29, 0.717) is 31.9 Å². The molecular formula is C27H27N3O4. The van der Waals surface area contributed by atoms with Gasteiger partial charge in [-0.1, -0.05) is 24.3 Å². The number of ether oxygens (including phenoxy) is 3. The summed E-state index contributed by atoms with van der Waals surface area (Å²) in [6.07, 6.45) is 0. The van der Waals surface area contributed by atoms with Gasteiger partial charge in [0.15, 0.2) is 12.4 Å². The lowest BCUT2D eigenvalue weighted by atomic mass is 10.1. The molecule has 2 heterocycles. The third kappa shape index (κ3) is 4.55. The zero-order valence-corrected chi connectivity index (χ0v) is 19.4. The van der Waals surface area contributed by atoms with E-state index < -0.39 is 0 Å². The van der Waals surface area contributed by atoms with Crippen LogP contribution in [-0.2, 0) is 4.79 Å². The molecule has 1 fully saturated rings. The van der Waals surface area contributed by atoms with Gasteiger partial charge in [-0.05, 0) is 55.0 Å². The smallest absolute Gasteiger partial charge is 0.260 e. The van der Waals surface area contributed by atoms with Crippen molar-refractivity contribution in [3.63, 3.8) is 0 Å². The number of rotatable bonds is 4. The van der Waals surface area contributed by atoms with Gasteiger partial charge in [-0.2, -0.15) is 0 Å². The molecule has 0 spiro atoms. The fraction of sp³-hybridized carbons (Fsp3) is 0.259. The third-order valence-corrected chi connectivity index (χ3v) is 6.03. The van der Waals surface area contributed by atoms with Crippen molar-refractivity contribution in [2.24, 2.45) is 4.99 Å². The van der Waals surface area contributed by atoms with E-state index in [1.54, 1.807) is 7.11 Å². The van der Waals surface area contributed by atoms with Crippen molar-refractivity contribution in [1.29, 1.82) is 0 Å². The number of benzene rings is 3. The predicted molar refractivity (Wildman–Crippen MR) is 131 cm³/mol. The van der Waals surface area contributed by atoms with Gasteiger partial charge in [0.1, 0.15) is 28.8 Å². The highest BCUT2D eigenvalue weighted by Crippen LogP contribution is 2.40. The number of aliphatic imine (C=N–C) groups is 1. The predicted octanol–water partition coefficient (Wildman–Crippen LogP) is 4.41. The molecule has 0 N–H and O–H groups in total. The summed E-state index contributed by atoms with van der Waals surface area (Å²) in [6, 6.07) is 21.2. The second-order valence-corrected chi connectivity index (χ2v) is 8.34. The molecule has 7 nitrogen and oxygen atoms in total. The molecule has 0 radical (unpaired) electrons. The van der Waals surface area contributed by atoms with Gasteiger partial charge in [-0.3, -0.25) is 4.79 Å². The maximum absolute atomic E-state index is 12.7. The van der Waals surface area contributed by atoms with Crippen LogP contribution in [0.4, 0.5) is 5.69 Å². The Hall–Kier alpha value is -4.00. The molecule has 0 saturated carbocycles. The lowest BCUT2D eigenvalue weighted by molar-refractivity contribution is -0.134. The molecule has 2 aliphatic heterocycles. The van der Waals surface area contributed by atoms with Crippen LogP contribution in [0.1, 0.15) is 11.1 Å². The molecule has 0 unspecified atom stereocenters. The van der Waals surface area contributed by atoms with E-state index in [4.69, 9.17) is 19.2 Å². The minimum absolute atomic E-state index is 0.0162. The number of nitrogens with zero attached hydrogens (tertiary/aromatic N) is 3. The van der Waals surface area contributed by atoms with Crippen molar-refractivity contribution >= 4 is 17.4 Å². The minimum Gasteiger partial charge on any atom is -0.497 e. The summed E-state index contributed by atoms with van der Waals surface area (Å²) in [5, 5.41) is 0. The topological polar surface area (TPSA) is 63.6 Å². The van der Waals surface area contributed by atoms with E-state index in [9.17, 15) is 4.79 Å². The van der Waals surface area contributed by atoms with Crippen LogP contribution in [-0.4, -0.2) is 61.4 Å². The fourth-order valence-corrected chi connectivity index (χ4v) is 4.15. The number of piperazine rings is 1. The highest BCUT2D eigenvalue weighted by Gasteiger charge is 2.28. The molecule has 5 rings (SSSR count). The van der Waals surface area contributed by atoms with E-state index in [-0.39, 0.29) is 12.5 Å². The van der Waals surface area contributed by atoms with E-state index >= 15 is 0 Å². The molecular weight excluding hydrogens is 430 g/mol. The van der Waals surface area contributed by atoms with Crippen LogP contribution < -0.4 is 14.2 Å². The first-order valence-electron chi connectivity index (χ1n) is 11.4. The molecule has 34 heavy (non-hydrogen) atoms. The Bertz CT molecular complexity index is 1220. The molecule has 3 aromatic rings. The van der Waals surface area contributed by atoms with Crippen LogP contribution in [0.3, 0.4) is 0 Å². The Balaban J connectivity index is 1.34. The van der Waals surface area contributed by atoms with E-state index in [1.165, 1.54) is 0 Å². The van der Waals surface area contributed by atoms with E-state index in [2.05, 4.69) is 4.90 Å². The summed E-state index contributed by atoms with van der Waals surface area (Å²) >= 11 is 0.